The molecule has 2 aliphatic rings. The van der Waals surface area contributed by atoms with Gasteiger partial charge < -0.3 is 15.3 Å². The van der Waals surface area contributed by atoms with Crippen molar-refractivity contribution in [3.63, 3.8) is 0 Å². The van der Waals surface area contributed by atoms with Gasteiger partial charge in [-0.1, -0.05) is 18.2 Å². The molecule has 25 heavy (non-hydrogen) atoms. The van der Waals surface area contributed by atoms with Gasteiger partial charge in [0.25, 0.3) is 0 Å². The third-order valence-electron chi connectivity index (χ3n) is 4.85. The average Bonchev–Trinajstić information content (AvgIpc) is 3.44. The number of aliphatic carboxylic acids is 1. The van der Waals surface area contributed by atoms with Crippen LogP contribution in [-0.2, 0) is 14.4 Å². The van der Waals surface area contributed by atoms with E-state index in [4.69, 9.17) is 0 Å². The van der Waals surface area contributed by atoms with Crippen molar-refractivity contribution in [2.75, 3.05) is 13.1 Å². The average molecular weight is 348 g/mol. The Labute approximate surface area is 145 Å². The normalized spacial score (nSPS) is 19.3. The zero-order valence-electron chi connectivity index (χ0n) is 13.8. The second-order valence-electron chi connectivity index (χ2n) is 6.68. The highest BCUT2D eigenvalue weighted by Crippen LogP contribution is 2.32. The van der Waals surface area contributed by atoms with Crippen LogP contribution in [0.2, 0.25) is 0 Å². The van der Waals surface area contributed by atoms with E-state index in [-0.39, 0.29) is 23.3 Å². The van der Waals surface area contributed by atoms with E-state index in [9.17, 15) is 23.9 Å². The van der Waals surface area contributed by atoms with Crippen molar-refractivity contribution in [3.05, 3.63) is 35.6 Å². The van der Waals surface area contributed by atoms with Gasteiger partial charge in [0.2, 0.25) is 11.8 Å². The van der Waals surface area contributed by atoms with E-state index in [2.05, 4.69) is 5.32 Å². The fourth-order valence-electron chi connectivity index (χ4n) is 3.19. The Kier molecular flexibility index (Phi) is 5.01. The third kappa shape index (κ3) is 3.97. The standard InChI is InChI=1S/C18H21FN2O4/c19-14-4-2-1-3-13(14)15(18(24)25)20-16(22)11-7-9-21(10-8-11)17(23)12-5-6-12/h1-4,11-12,15H,5-10H2,(H,20,22)(H,24,25)/t15-/m0/s1. The minimum absolute atomic E-state index is 0.0651. The van der Waals surface area contributed by atoms with Crippen LogP contribution in [0, 0.1) is 17.7 Å². The van der Waals surface area contributed by atoms with Crippen molar-refractivity contribution in [2.24, 2.45) is 11.8 Å². The summed E-state index contributed by atoms with van der Waals surface area (Å²) in [6.07, 6.45) is 2.88. The molecule has 1 aromatic rings. The van der Waals surface area contributed by atoms with Crippen LogP contribution >= 0.6 is 0 Å². The SMILES string of the molecule is O=C(N[C@H](C(=O)O)c1ccccc1F)C1CCN(C(=O)C2CC2)CC1. The Morgan fingerprint density at radius 2 is 1.72 bits per heavy atom. The van der Waals surface area contributed by atoms with Crippen molar-refractivity contribution < 1.29 is 23.9 Å². The molecule has 0 unspecified atom stereocenters. The number of likely N-dealkylation sites (tertiary alicyclic amines) is 1. The summed E-state index contributed by atoms with van der Waals surface area (Å²) in [5.74, 6) is -2.43. The van der Waals surface area contributed by atoms with Gasteiger partial charge in [-0.25, -0.2) is 9.18 Å². The number of carboxylic acids is 1. The molecule has 2 N–H and O–H groups in total. The molecule has 1 heterocycles. The lowest BCUT2D eigenvalue weighted by Gasteiger charge is -2.32. The zero-order valence-corrected chi connectivity index (χ0v) is 13.8. The quantitative estimate of drug-likeness (QED) is 0.848. The summed E-state index contributed by atoms with van der Waals surface area (Å²) in [5.41, 5.74) is -0.0651. The van der Waals surface area contributed by atoms with E-state index in [0.29, 0.717) is 25.9 Å². The van der Waals surface area contributed by atoms with E-state index in [1.807, 2.05) is 0 Å². The number of hydrogen-bond acceptors (Lipinski definition) is 3. The van der Waals surface area contributed by atoms with E-state index in [1.165, 1.54) is 24.3 Å². The molecular weight excluding hydrogens is 327 g/mol. The van der Waals surface area contributed by atoms with Crippen molar-refractivity contribution in [3.8, 4) is 0 Å². The largest absolute Gasteiger partial charge is 0.479 e. The second-order valence-corrected chi connectivity index (χ2v) is 6.68. The molecule has 1 saturated carbocycles. The van der Waals surface area contributed by atoms with Crippen LogP contribution in [0.4, 0.5) is 4.39 Å². The second kappa shape index (κ2) is 7.21. The highest BCUT2D eigenvalue weighted by atomic mass is 19.1. The number of carbonyl (C=O) groups is 3. The molecule has 1 atom stereocenters. The molecule has 0 aromatic heterocycles. The number of rotatable bonds is 5. The van der Waals surface area contributed by atoms with Crippen molar-refractivity contribution in [1.82, 2.24) is 10.2 Å². The first kappa shape index (κ1) is 17.4. The number of carboxylic acid groups (broad SMARTS) is 1. The molecule has 2 fully saturated rings. The van der Waals surface area contributed by atoms with Gasteiger partial charge in [-0.2, -0.15) is 0 Å². The van der Waals surface area contributed by atoms with Crippen LogP contribution in [0.15, 0.2) is 24.3 Å². The molecule has 1 aliphatic heterocycles. The molecule has 6 nitrogen and oxygen atoms in total. The molecule has 0 radical (unpaired) electrons. The summed E-state index contributed by atoms with van der Waals surface area (Å²) in [4.78, 5) is 37.7. The van der Waals surface area contributed by atoms with Gasteiger partial charge >= 0.3 is 5.97 Å². The first-order chi connectivity index (χ1) is 12.0. The summed E-state index contributed by atoms with van der Waals surface area (Å²) in [6.45, 7) is 1.01. The highest BCUT2D eigenvalue weighted by molar-refractivity contribution is 5.86. The maximum atomic E-state index is 13.9. The lowest BCUT2D eigenvalue weighted by atomic mass is 9.94. The first-order valence-electron chi connectivity index (χ1n) is 8.53. The number of hydrogen-bond donors (Lipinski definition) is 2. The molecule has 3 rings (SSSR count). The lowest BCUT2D eigenvalue weighted by molar-refractivity contribution is -0.143. The Hall–Kier alpha value is -2.44. The minimum atomic E-state index is -1.42. The fraction of sp³-hybridized carbons (Fsp3) is 0.500. The van der Waals surface area contributed by atoms with Crippen LogP contribution in [0.1, 0.15) is 37.3 Å². The summed E-state index contributed by atoms with van der Waals surface area (Å²) in [7, 11) is 0. The predicted molar refractivity (Wildman–Crippen MR) is 86.9 cm³/mol. The highest BCUT2D eigenvalue weighted by Gasteiger charge is 2.36. The van der Waals surface area contributed by atoms with Gasteiger partial charge in [0.15, 0.2) is 6.04 Å². The maximum Gasteiger partial charge on any atom is 0.331 e. The van der Waals surface area contributed by atoms with Crippen LogP contribution < -0.4 is 5.32 Å². The number of nitrogens with one attached hydrogen (secondary N) is 1. The fourth-order valence-corrected chi connectivity index (χ4v) is 3.19. The molecular formula is C18H21FN2O4. The van der Waals surface area contributed by atoms with Gasteiger partial charge in [-0.05, 0) is 31.7 Å². The van der Waals surface area contributed by atoms with Gasteiger partial charge in [0.05, 0.1) is 0 Å². The molecule has 0 spiro atoms. The van der Waals surface area contributed by atoms with E-state index in [0.717, 1.165) is 12.8 Å². The van der Waals surface area contributed by atoms with Crippen molar-refractivity contribution in [1.29, 1.82) is 0 Å². The Morgan fingerprint density at radius 1 is 1.08 bits per heavy atom. The number of piperidine rings is 1. The molecule has 1 aromatic carbocycles. The van der Waals surface area contributed by atoms with Crippen LogP contribution in [0.3, 0.4) is 0 Å². The minimum Gasteiger partial charge on any atom is -0.479 e. The Morgan fingerprint density at radius 3 is 2.28 bits per heavy atom. The van der Waals surface area contributed by atoms with Gasteiger partial charge in [0, 0.05) is 30.5 Å². The molecule has 134 valence electrons. The molecule has 1 aliphatic carbocycles. The third-order valence-corrected chi connectivity index (χ3v) is 4.85. The predicted octanol–water partition coefficient (Wildman–Crippen LogP) is 1.72. The summed E-state index contributed by atoms with van der Waals surface area (Å²) in [5, 5.41) is 11.8. The van der Waals surface area contributed by atoms with E-state index in [1.54, 1.807) is 4.90 Å². The molecule has 7 heteroatoms. The van der Waals surface area contributed by atoms with E-state index >= 15 is 0 Å². The number of halogens is 1. The maximum absolute atomic E-state index is 13.9. The Bertz CT molecular complexity index is 681. The van der Waals surface area contributed by atoms with Crippen molar-refractivity contribution in [2.45, 2.75) is 31.7 Å². The monoisotopic (exact) mass is 348 g/mol. The number of carbonyl (C=O) groups excluding carboxylic acids is 2. The van der Waals surface area contributed by atoms with Gasteiger partial charge in [0.1, 0.15) is 5.82 Å². The van der Waals surface area contributed by atoms with Crippen molar-refractivity contribution >= 4 is 17.8 Å². The van der Waals surface area contributed by atoms with Crippen LogP contribution in [-0.4, -0.2) is 40.9 Å². The molecule has 2 amide bonds. The zero-order chi connectivity index (χ0) is 18.0. The number of amides is 2. The van der Waals surface area contributed by atoms with Gasteiger partial charge in [-0.3, -0.25) is 9.59 Å². The summed E-state index contributed by atoms with van der Waals surface area (Å²) < 4.78 is 13.9. The topological polar surface area (TPSA) is 86.7 Å². The Balaban J connectivity index is 1.60. The number of benzene rings is 1. The van der Waals surface area contributed by atoms with E-state index < -0.39 is 23.7 Å². The lowest BCUT2D eigenvalue weighted by Crippen LogP contribution is -2.45. The smallest absolute Gasteiger partial charge is 0.331 e. The number of nitrogens with zero attached hydrogens (tertiary/aromatic N) is 1. The summed E-state index contributed by atoms with van der Waals surface area (Å²) >= 11 is 0. The van der Waals surface area contributed by atoms with Crippen LogP contribution in [0.25, 0.3) is 0 Å². The van der Waals surface area contributed by atoms with Crippen LogP contribution in [0.5, 0.6) is 0 Å². The molecule has 1 saturated heterocycles. The first-order valence-corrected chi connectivity index (χ1v) is 8.53. The molecule has 0 bridgehead atoms. The summed E-state index contributed by atoms with van der Waals surface area (Å²) in [6, 6.07) is 4.10. The van der Waals surface area contributed by atoms with Gasteiger partial charge in [-0.15, -0.1) is 0 Å².